The first-order valence-corrected chi connectivity index (χ1v) is 7.38. The Bertz CT molecular complexity index is 506. The quantitative estimate of drug-likeness (QED) is 0.701. The number of hydrogen-bond acceptors (Lipinski definition) is 4. The summed E-state index contributed by atoms with van der Waals surface area (Å²) in [5, 5.41) is 6.21. The molecule has 0 radical (unpaired) electrons. The lowest BCUT2D eigenvalue weighted by Crippen LogP contribution is -2.40. The topological polar surface area (TPSA) is 70.7 Å². The second-order valence-corrected chi connectivity index (χ2v) is 5.38. The van der Waals surface area contributed by atoms with Gasteiger partial charge in [-0.15, -0.1) is 0 Å². The third kappa shape index (κ3) is 6.19. The Balaban J connectivity index is 2.45. The number of carbonyl (C=O) groups excluding carboxylic acids is 2. The van der Waals surface area contributed by atoms with E-state index in [1.807, 2.05) is 0 Å². The summed E-state index contributed by atoms with van der Waals surface area (Å²) in [6.45, 7) is 1.13. The molecule has 0 aliphatic rings. The van der Waals surface area contributed by atoms with E-state index in [2.05, 4.69) is 10.6 Å². The Labute approximate surface area is 139 Å². The molecule has 1 aromatic carbocycles. The minimum Gasteiger partial charge on any atom is -0.383 e. The second-order valence-electron chi connectivity index (χ2n) is 4.56. The molecule has 122 valence electrons. The molecule has 2 amide bonds. The number of methoxy groups -OCH3 is 1. The average Bonchev–Trinajstić information content (AvgIpc) is 2.47. The van der Waals surface area contributed by atoms with Crippen molar-refractivity contribution < 1.29 is 14.3 Å². The predicted molar refractivity (Wildman–Crippen MR) is 87.5 cm³/mol. The number of nitrogens with one attached hydrogen (secondary N) is 2. The lowest BCUT2D eigenvalue weighted by Gasteiger charge is -2.17. The van der Waals surface area contributed by atoms with E-state index in [4.69, 9.17) is 27.9 Å². The van der Waals surface area contributed by atoms with Gasteiger partial charge in [0.15, 0.2) is 0 Å². The van der Waals surface area contributed by atoms with E-state index >= 15 is 0 Å². The van der Waals surface area contributed by atoms with Crippen LogP contribution < -0.4 is 10.6 Å². The summed E-state index contributed by atoms with van der Waals surface area (Å²) in [6, 6.07) is 4.93. The van der Waals surface area contributed by atoms with Crippen molar-refractivity contribution in [3.8, 4) is 0 Å². The summed E-state index contributed by atoms with van der Waals surface area (Å²) in [7, 11) is 3.13. The average molecular weight is 348 g/mol. The van der Waals surface area contributed by atoms with Gasteiger partial charge in [0.2, 0.25) is 11.8 Å². The Morgan fingerprint density at radius 3 is 2.50 bits per heavy atom. The molecule has 0 bridgehead atoms. The highest BCUT2D eigenvalue weighted by Gasteiger charge is 2.14. The molecular formula is C14H19Cl2N3O3. The Hall–Kier alpha value is -1.34. The van der Waals surface area contributed by atoms with Crippen molar-refractivity contribution in [2.75, 3.05) is 45.7 Å². The maximum Gasteiger partial charge on any atom is 0.244 e. The number of hydrogen-bond donors (Lipinski definition) is 2. The number of benzene rings is 1. The van der Waals surface area contributed by atoms with Crippen molar-refractivity contribution in [3.05, 3.63) is 28.2 Å². The van der Waals surface area contributed by atoms with Crippen LogP contribution in [-0.2, 0) is 14.3 Å². The van der Waals surface area contributed by atoms with Gasteiger partial charge in [-0.3, -0.25) is 9.59 Å². The largest absolute Gasteiger partial charge is 0.383 e. The van der Waals surface area contributed by atoms with Crippen LogP contribution in [-0.4, -0.2) is 57.1 Å². The van der Waals surface area contributed by atoms with Crippen LogP contribution in [0.1, 0.15) is 0 Å². The number of carbonyl (C=O) groups is 2. The summed E-state index contributed by atoms with van der Waals surface area (Å²) < 4.78 is 4.86. The fraction of sp³-hybridized carbons (Fsp3) is 0.429. The Kier molecular flexibility index (Phi) is 8.19. The van der Waals surface area contributed by atoms with Gasteiger partial charge in [-0.2, -0.15) is 0 Å². The number of ether oxygens (including phenoxy) is 1. The van der Waals surface area contributed by atoms with E-state index in [1.165, 1.54) is 4.90 Å². The Morgan fingerprint density at radius 2 is 1.91 bits per heavy atom. The highest BCUT2D eigenvalue weighted by atomic mass is 35.5. The van der Waals surface area contributed by atoms with Crippen LogP contribution in [0.15, 0.2) is 18.2 Å². The maximum absolute atomic E-state index is 11.9. The second kappa shape index (κ2) is 9.63. The molecule has 0 aromatic heterocycles. The van der Waals surface area contributed by atoms with Crippen LogP contribution in [0.2, 0.25) is 10.0 Å². The van der Waals surface area contributed by atoms with Crippen LogP contribution in [0.3, 0.4) is 0 Å². The summed E-state index contributed by atoms with van der Waals surface area (Å²) in [5.74, 6) is -0.570. The van der Waals surface area contributed by atoms with Gasteiger partial charge < -0.3 is 20.3 Å². The highest BCUT2D eigenvalue weighted by Crippen LogP contribution is 2.29. The summed E-state index contributed by atoms with van der Waals surface area (Å²) in [4.78, 5) is 25.1. The van der Waals surface area contributed by atoms with E-state index in [0.29, 0.717) is 28.9 Å². The maximum atomic E-state index is 11.9. The molecule has 0 fully saturated rings. The molecule has 6 nitrogen and oxygen atoms in total. The molecule has 0 aliphatic heterocycles. The summed E-state index contributed by atoms with van der Waals surface area (Å²) in [5.41, 5.74) is 0.343. The van der Waals surface area contributed by atoms with Gasteiger partial charge in [0.05, 0.1) is 35.4 Å². The molecular weight excluding hydrogens is 329 g/mol. The number of likely N-dealkylation sites (N-methyl/N-ethyl adjacent to an activating group) is 1. The van der Waals surface area contributed by atoms with Crippen molar-refractivity contribution >= 4 is 40.7 Å². The van der Waals surface area contributed by atoms with E-state index in [-0.39, 0.29) is 24.9 Å². The lowest BCUT2D eigenvalue weighted by molar-refractivity contribution is -0.132. The van der Waals surface area contributed by atoms with Gasteiger partial charge in [0.25, 0.3) is 0 Å². The van der Waals surface area contributed by atoms with Gasteiger partial charge in [-0.25, -0.2) is 0 Å². The third-order valence-electron chi connectivity index (χ3n) is 2.79. The van der Waals surface area contributed by atoms with Crippen molar-refractivity contribution in [3.63, 3.8) is 0 Å². The fourth-order valence-electron chi connectivity index (χ4n) is 1.60. The van der Waals surface area contributed by atoms with Crippen LogP contribution in [0.25, 0.3) is 0 Å². The molecule has 0 heterocycles. The zero-order valence-corrected chi connectivity index (χ0v) is 14.0. The number of nitrogens with zero attached hydrogens (tertiary/aromatic N) is 1. The molecule has 1 rings (SSSR count). The summed E-state index contributed by atoms with van der Waals surface area (Å²) in [6.07, 6.45) is 0. The molecule has 22 heavy (non-hydrogen) atoms. The van der Waals surface area contributed by atoms with Crippen molar-refractivity contribution in [2.24, 2.45) is 0 Å². The van der Waals surface area contributed by atoms with Crippen LogP contribution in [0, 0.1) is 0 Å². The first-order valence-electron chi connectivity index (χ1n) is 6.63. The lowest BCUT2D eigenvalue weighted by atomic mass is 10.3. The molecule has 0 saturated heterocycles. The van der Waals surface area contributed by atoms with E-state index < -0.39 is 0 Å². The fourth-order valence-corrected chi connectivity index (χ4v) is 2.10. The molecule has 1 aromatic rings. The van der Waals surface area contributed by atoms with Crippen LogP contribution >= 0.6 is 23.2 Å². The standard InChI is InChI=1S/C14H19Cl2N3O3/c1-19(13(21)8-17-6-7-22-2)9-12(20)18-14-10(15)4-3-5-11(14)16/h3-5,17H,6-9H2,1-2H3,(H,18,20). The number of rotatable bonds is 8. The monoisotopic (exact) mass is 347 g/mol. The summed E-state index contributed by atoms with van der Waals surface area (Å²) >= 11 is 11.9. The molecule has 0 spiro atoms. The number of para-hydroxylation sites is 1. The van der Waals surface area contributed by atoms with E-state index in [0.717, 1.165) is 0 Å². The van der Waals surface area contributed by atoms with Crippen LogP contribution in [0.4, 0.5) is 5.69 Å². The van der Waals surface area contributed by atoms with Crippen molar-refractivity contribution in [1.82, 2.24) is 10.2 Å². The van der Waals surface area contributed by atoms with E-state index in [1.54, 1.807) is 32.4 Å². The number of amides is 2. The molecule has 0 aliphatic carbocycles. The highest BCUT2D eigenvalue weighted by molar-refractivity contribution is 6.39. The first-order chi connectivity index (χ1) is 10.5. The van der Waals surface area contributed by atoms with E-state index in [9.17, 15) is 9.59 Å². The SMILES string of the molecule is COCCNCC(=O)N(C)CC(=O)Nc1c(Cl)cccc1Cl. The predicted octanol–water partition coefficient (Wildman–Crippen LogP) is 1.63. The zero-order chi connectivity index (χ0) is 16.5. The van der Waals surface area contributed by atoms with Crippen molar-refractivity contribution in [2.45, 2.75) is 0 Å². The molecule has 8 heteroatoms. The smallest absolute Gasteiger partial charge is 0.244 e. The van der Waals surface area contributed by atoms with Gasteiger partial charge in [-0.1, -0.05) is 29.3 Å². The number of halogens is 2. The van der Waals surface area contributed by atoms with Crippen molar-refractivity contribution in [1.29, 1.82) is 0 Å². The minimum atomic E-state index is -0.372. The third-order valence-corrected chi connectivity index (χ3v) is 3.42. The Morgan fingerprint density at radius 1 is 1.27 bits per heavy atom. The molecule has 0 unspecified atom stereocenters. The van der Waals surface area contributed by atoms with Gasteiger partial charge in [0, 0.05) is 20.7 Å². The normalized spacial score (nSPS) is 10.4. The zero-order valence-electron chi connectivity index (χ0n) is 12.5. The molecule has 0 atom stereocenters. The van der Waals surface area contributed by atoms with Crippen LogP contribution in [0.5, 0.6) is 0 Å². The van der Waals surface area contributed by atoms with Gasteiger partial charge in [-0.05, 0) is 12.1 Å². The van der Waals surface area contributed by atoms with Gasteiger partial charge >= 0.3 is 0 Å². The molecule has 0 saturated carbocycles. The number of anilines is 1. The van der Waals surface area contributed by atoms with Gasteiger partial charge in [0.1, 0.15) is 0 Å². The first kappa shape index (κ1) is 18.7. The molecule has 2 N–H and O–H groups in total. The minimum absolute atomic E-state index is 0.0909.